The highest BCUT2D eigenvalue weighted by atomic mass is 35.5. The Morgan fingerprint density at radius 3 is 2.50 bits per heavy atom. The first kappa shape index (κ1) is 16.7. The molecule has 0 aliphatic heterocycles. The molecule has 0 spiro atoms. The normalized spacial score (nSPS) is 10.9. The van der Waals surface area contributed by atoms with Crippen LogP contribution in [-0.2, 0) is 6.61 Å². The summed E-state index contributed by atoms with van der Waals surface area (Å²) in [4.78, 5) is 0. The van der Waals surface area contributed by atoms with Gasteiger partial charge in [0.05, 0.1) is 18.3 Å². The molecule has 2 aromatic carbocycles. The highest BCUT2D eigenvalue weighted by Gasteiger charge is 2.11. The third-order valence-electron chi connectivity index (χ3n) is 2.89. The van der Waals surface area contributed by atoms with Crippen LogP contribution in [0.4, 0.5) is 0 Å². The van der Waals surface area contributed by atoms with Gasteiger partial charge >= 0.3 is 0 Å². The summed E-state index contributed by atoms with van der Waals surface area (Å²) in [6.45, 7) is 0.257. The molecule has 0 heterocycles. The topological polar surface area (TPSA) is 56.8 Å². The van der Waals surface area contributed by atoms with Gasteiger partial charge < -0.3 is 15.3 Å². The van der Waals surface area contributed by atoms with Crippen LogP contribution in [0.2, 0.25) is 15.1 Å². The molecule has 0 amide bonds. The van der Waals surface area contributed by atoms with Gasteiger partial charge in [0, 0.05) is 27.2 Å². The summed E-state index contributed by atoms with van der Waals surface area (Å²) < 4.78 is 11.0. The van der Waals surface area contributed by atoms with Gasteiger partial charge in [-0.2, -0.15) is 5.10 Å². The molecule has 0 saturated heterocycles. The lowest BCUT2D eigenvalue weighted by molar-refractivity contribution is 0.284. The number of methoxy groups -OCH3 is 1. The first-order valence-electron chi connectivity index (χ1n) is 6.22. The number of rotatable bonds is 5. The number of hydrazone groups is 1. The summed E-state index contributed by atoms with van der Waals surface area (Å²) in [6, 6.07) is 8.54. The van der Waals surface area contributed by atoms with Gasteiger partial charge in [-0.3, -0.25) is 0 Å². The summed E-state index contributed by atoms with van der Waals surface area (Å²) in [7, 11) is 1.54. The molecule has 0 unspecified atom stereocenters. The molecule has 0 aliphatic carbocycles. The monoisotopic (exact) mass is 358 g/mol. The van der Waals surface area contributed by atoms with Gasteiger partial charge in [-0.05, 0) is 18.2 Å². The predicted molar refractivity (Wildman–Crippen MR) is 90.6 cm³/mol. The molecule has 22 heavy (non-hydrogen) atoms. The molecule has 0 fully saturated rings. The number of ether oxygens (including phenoxy) is 2. The van der Waals surface area contributed by atoms with E-state index in [0.29, 0.717) is 32.1 Å². The van der Waals surface area contributed by atoms with Crippen molar-refractivity contribution in [2.75, 3.05) is 7.11 Å². The van der Waals surface area contributed by atoms with Crippen molar-refractivity contribution in [3.63, 3.8) is 0 Å². The van der Waals surface area contributed by atoms with E-state index < -0.39 is 0 Å². The Morgan fingerprint density at radius 2 is 1.86 bits per heavy atom. The number of halogens is 3. The predicted octanol–water partition coefficient (Wildman–Crippen LogP) is 4.53. The first-order chi connectivity index (χ1) is 10.5. The van der Waals surface area contributed by atoms with Crippen LogP contribution in [0.25, 0.3) is 0 Å². The fourth-order valence-electron chi connectivity index (χ4n) is 1.80. The Morgan fingerprint density at radius 1 is 1.09 bits per heavy atom. The fourth-order valence-corrected chi connectivity index (χ4v) is 2.46. The summed E-state index contributed by atoms with van der Waals surface area (Å²) in [5.41, 5.74) is 1.44. The maximum Gasteiger partial charge on any atom is 0.163 e. The Labute approximate surface area is 143 Å². The molecular weight excluding hydrogens is 347 g/mol. The summed E-state index contributed by atoms with van der Waals surface area (Å²) in [6.07, 6.45) is 1.44. The van der Waals surface area contributed by atoms with Gasteiger partial charge in [0.2, 0.25) is 0 Å². The van der Waals surface area contributed by atoms with E-state index in [4.69, 9.17) is 50.1 Å². The molecule has 2 aromatic rings. The number of benzene rings is 2. The molecule has 0 atom stereocenters. The maximum absolute atomic E-state index is 6.15. The average Bonchev–Trinajstić information content (AvgIpc) is 2.49. The van der Waals surface area contributed by atoms with E-state index in [1.165, 1.54) is 13.3 Å². The molecule has 0 bridgehead atoms. The highest BCUT2D eigenvalue weighted by Crippen LogP contribution is 2.34. The molecule has 2 rings (SSSR count). The third-order valence-corrected chi connectivity index (χ3v) is 3.81. The van der Waals surface area contributed by atoms with Gasteiger partial charge in [-0.25, -0.2) is 0 Å². The van der Waals surface area contributed by atoms with Crippen LogP contribution >= 0.6 is 34.8 Å². The molecule has 0 radical (unpaired) electrons. The molecule has 2 N–H and O–H groups in total. The van der Waals surface area contributed by atoms with Gasteiger partial charge in [0.15, 0.2) is 11.5 Å². The summed E-state index contributed by atoms with van der Waals surface area (Å²) in [5, 5.41) is 5.00. The zero-order valence-electron chi connectivity index (χ0n) is 11.6. The number of nitrogens with two attached hydrogens (primary N) is 1. The number of hydrogen-bond acceptors (Lipinski definition) is 4. The van der Waals surface area contributed by atoms with E-state index in [-0.39, 0.29) is 6.61 Å². The lowest BCUT2D eigenvalue weighted by atomic mass is 10.2. The zero-order chi connectivity index (χ0) is 16.1. The molecule has 0 aliphatic rings. The van der Waals surface area contributed by atoms with E-state index in [2.05, 4.69) is 5.10 Å². The average molecular weight is 360 g/mol. The minimum absolute atomic E-state index is 0.257. The van der Waals surface area contributed by atoms with Crippen molar-refractivity contribution in [1.82, 2.24) is 0 Å². The molecule has 116 valence electrons. The quantitative estimate of drug-likeness (QED) is 0.485. The highest BCUT2D eigenvalue weighted by molar-refractivity contribution is 6.35. The van der Waals surface area contributed by atoms with Crippen molar-refractivity contribution in [2.45, 2.75) is 6.61 Å². The standard InChI is InChI=1S/C15H13Cl3N2O2/c1-21-14-4-10(7-20-19)13(18)6-15(14)22-8-9-2-3-11(16)5-12(9)17/h2-7H,8,19H2,1H3. The van der Waals surface area contributed by atoms with Crippen LogP contribution in [0, 0.1) is 0 Å². The number of nitrogens with zero attached hydrogens (tertiary/aromatic N) is 1. The largest absolute Gasteiger partial charge is 0.493 e. The van der Waals surface area contributed by atoms with Gasteiger partial charge in [0.25, 0.3) is 0 Å². The Balaban J connectivity index is 2.23. The van der Waals surface area contributed by atoms with Crippen LogP contribution in [0.3, 0.4) is 0 Å². The van der Waals surface area contributed by atoms with Crippen LogP contribution in [0.5, 0.6) is 11.5 Å². The van der Waals surface area contributed by atoms with E-state index in [1.54, 1.807) is 30.3 Å². The molecular formula is C15H13Cl3N2O2. The van der Waals surface area contributed by atoms with Gasteiger partial charge in [-0.1, -0.05) is 40.9 Å². The molecule has 4 nitrogen and oxygen atoms in total. The van der Waals surface area contributed by atoms with Crippen LogP contribution in [-0.4, -0.2) is 13.3 Å². The molecule has 7 heteroatoms. The Hall–Kier alpha value is -1.62. The van der Waals surface area contributed by atoms with Crippen LogP contribution in [0.15, 0.2) is 35.4 Å². The van der Waals surface area contributed by atoms with Gasteiger partial charge in [-0.15, -0.1) is 0 Å². The van der Waals surface area contributed by atoms with E-state index >= 15 is 0 Å². The first-order valence-corrected chi connectivity index (χ1v) is 7.36. The molecule has 0 aromatic heterocycles. The Kier molecular flexibility index (Phi) is 5.77. The summed E-state index contributed by atoms with van der Waals surface area (Å²) in [5.74, 6) is 6.15. The van der Waals surface area contributed by atoms with Gasteiger partial charge in [0.1, 0.15) is 6.61 Å². The Bertz CT molecular complexity index is 705. The second-order valence-corrected chi connectivity index (χ2v) is 5.58. The van der Waals surface area contributed by atoms with Crippen LogP contribution in [0.1, 0.15) is 11.1 Å². The van der Waals surface area contributed by atoms with Crippen molar-refractivity contribution >= 4 is 41.0 Å². The minimum Gasteiger partial charge on any atom is -0.493 e. The van der Waals surface area contributed by atoms with E-state index in [9.17, 15) is 0 Å². The van der Waals surface area contributed by atoms with Crippen molar-refractivity contribution in [1.29, 1.82) is 0 Å². The van der Waals surface area contributed by atoms with E-state index in [0.717, 1.165) is 5.56 Å². The van der Waals surface area contributed by atoms with Crippen LogP contribution < -0.4 is 15.3 Å². The van der Waals surface area contributed by atoms with Crippen molar-refractivity contribution in [2.24, 2.45) is 10.9 Å². The lowest BCUT2D eigenvalue weighted by Gasteiger charge is -2.13. The maximum atomic E-state index is 6.15. The zero-order valence-corrected chi connectivity index (χ0v) is 13.9. The second-order valence-electron chi connectivity index (χ2n) is 4.33. The number of hydrogen-bond donors (Lipinski definition) is 1. The van der Waals surface area contributed by atoms with Crippen molar-refractivity contribution in [3.8, 4) is 11.5 Å². The SMILES string of the molecule is COc1cc(C=NN)c(Cl)cc1OCc1ccc(Cl)cc1Cl. The second kappa shape index (κ2) is 7.58. The lowest BCUT2D eigenvalue weighted by Crippen LogP contribution is -2.00. The minimum atomic E-state index is 0.257. The van der Waals surface area contributed by atoms with Crippen molar-refractivity contribution < 1.29 is 9.47 Å². The summed E-state index contributed by atoms with van der Waals surface area (Å²) >= 11 is 18.1. The fraction of sp³-hybridized carbons (Fsp3) is 0.133. The van der Waals surface area contributed by atoms with Crippen molar-refractivity contribution in [3.05, 3.63) is 56.5 Å². The smallest absolute Gasteiger partial charge is 0.163 e. The third kappa shape index (κ3) is 3.97. The van der Waals surface area contributed by atoms with E-state index in [1.807, 2.05) is 0 Å². The molecule has 0 saturated carbocycles.